The zero-order valence-corrected chi connectivity index (χ0v) is 24.7. The van der Waals surface area contributed by atoms with Gasteiger partial charge in [-0.3, -0.25) is 4.79 Å². The Bertz CT molecular complexity index is 1260. The standard InChI is InChI=1S/C27H33BrN2O5S2/c1-5-20(2)30(37(32,33)24-11-9-22(28)10-12-24)19-27(31)29(18-23-7-6-16-36-23)15-14-21-8-13-25(34-3)26(17-21)35-4/h6-13,16-17,20H,5,14-15,18-19H2,1-4H3. The summed E-state index contributed by atoms with van der Waals surface area (Å²) >= 11 is 4.92. The number of halogens is 1. The van der Waals surface area contributed by atoms with Gasteiger partial charge in [-0.05, 0) is 73.2 Å². The van der Waals surface area contributed by atoms with Gasteiger partial charge in [0.2, 0.25) is 15.9 Å². The summed E-state index contributed by atoms with van der Waals surface area (Å²) < 4.78 is 39.9. The molecule has 1 aromatic heterocycles. The van der Waals surface area contributed by atoms with Gasteiger partial charge in [-0.2, -0.15) is 4.31 Å². The molecule has 3 aromatic rings. The molecule has 10 heteroatoms. The summed E-state index contributed by atoms with van der Waals surface area (Å²) in [6.07, 6.45) is 1.17. The Morgan fingerprint density at radius 3 is 2.35 bits per heavy atom. The number of carbonyl (C=O) groups excluding carboxylic acids is 1. The first-order valence-corrected chi connectivity index (χ1v) is 15.1. The molecule has 0 radical (unpaired) electrons. The summed E-state index contributed by atoms with van der Waals surface area (Å²) in [7, 11) is -0.692. The van der Waals surface area contributed by atoms with E-state index in [9.17, 15) is 13.2 Å². The highest BCUT2D eigenvalue weighted by Crippen LogP contribution is 2.28. The topological polar surface area (TPSA) is 76.2 Å². The highest BCUT2D eigenvalue weighted by atomic mass is 79.9. The molecule has 2 aromatic carbocycles. The van der Waals surface area contributed by atoms with E-state index in [2.05, 4.69) is 15.9 Å². The average Bonchev–Trinajstić information content (AvgIpc) is 3.42. The third kappa shape index (κ3) is 7.56. The van der Waals surface area contributed by atoms with Crippen molar-refractivity contribution >= 4 is 43.2 Å². The monoisotopic (exact) mass is 608 g/mol. The molecule has 1 atom stereocenters. The third-order valence-corrected chi connectivity index (χ3v) is 9.56. The maximum atomic E-state index is 13.6. The van der Waals surface area contributed by atoms with E-state index >= 15 is 0 Å². The van der Waals surface area contributed by atoms with Crippen LogP contribution in [0.15, 0.2) is 69.3 Å². The lowest BCUT2D eigenvalue weighted by Gasteiger charge is -2.30. The van der Waals surface area contributed by atoms with Gasteiger partial charge in [0.1, 0.15) is 0 Å². The minimum Gasteiger partial charge on any atom is -0.493 e. The minimum atomic E-state index is -3.87. The molecule has 0 aliphatic heterocycles. The second-order valence-electron chi connectivity index (χ2n) is 8.60. The van der Waals surface area contributed by atoms with E-state index in [1.165, 1.54) is 4.31 Å². The molecule has 0 N–H and O–H groups in total. The molecule has 1 amide bonds. The van der Waals surface area contributed by atoms with E-state index in [0.29, 0.717) is 37.4 Å². The number of carbonyl (C=O) groups is 1. The molecule has 0 aliphatic carbocycles. The molecule has 3 rings (SSSR count). The van der Waals surface area contributed by atoms with E-state index in [1.807, 2.05) is 49.6 Å². The van der Waals surface area contributed by atoms with Crippen LogP contribution in [0.4, 0.5) is 0 Å². The van der Waals surface area contributed by atoms with Crippen LogP contribution in [0.25, 0.3) is 0 Å². The molecule has 37 heavy (non-hydrogen) atoms. The van der Waals surface area contributed by atoms with Gasteiger partial charge < -0.3 is 14.4 Å². The fourth-order valence-electron chi connectivity index (χ4n) is 3.84. The third-order valence-electron chi connectivity index (χ3n) is 6.19. The highest BCUT2D eigenvalue weighted by molar-refractivity contribution is 9.10. The van der Waals surface area contributed by atoms with Crippen molar-refractivity contribution in [1.82, 2.24) is 9.21 Å². The van der Waals surface area contributed by atoms with Crippen LogP contribution in [0.1, 0.15) is 30.7 Å². The molecule has 0 saturated carbocycles. The molecule has 0 aliphatic rings. The lowest BCUT2D eigenvalue weighted by molar-refractivity contribution is -0.132. The Balaban J connectivity index is 1.84. The zero-order chi connectivity index (χ0) is 27.0. The molecular weight excluding hydrogens is 576 g/mol. The molecule has 0 saturated heterocycles. The Labute approximate surface area is 232 Å². The predicted molar refractivity (Wildman–Crippen MR) is 151 cm³/mol. The zero-order valence-electron chi connectivity index (χ0n) is 21.5. The largest absolute Gasteiger partial charge is 0.493 e. The Morgan fingerprint density at radius 2 is 1.76 bits per heavy atom. The number of hydrogen-bond acceptors (Lipinski definition) is 6. The summed E-state index contributed by atoms with van der Waals surface area (Å²) in [4.78, 5) is 16.6. The molecule has 200 valence electrons. The molecular formula is C27H33BrN2O5S2. The molecule has 1 unspecified atom stereocenters. The van der Waals surface area contributed by atoms with Crippen LogP contribution in [0.3, 0.4) is 0 Å². The maximum absolute atomic E-state index is 13.6. The summed E-state index contributed by atoms with van der Waals surface area (Å²) in [5.74, 6) is 1.02. The van der Waals surface area contributed by atoms with Crippen LogP contribution >= 0.6 is 27.3 Å². The van der Waals surface area contributed by atoms with Crippen LogP contribution in [0.5, 0.6) is 11.5 Å². The van der Waals surface area contributed by atoms with Gasteiger partial charge in [-0.1, -0.05) is 35.0 Å². The number of rotatable bonds is 13. The smallest absolute Gasteiger partial charge is 0.243 e. The Morgan fingerprint density at radius 1 is 1.05 bits per heavy atom. The summed E-state index contributed by atoms with van der Waals surface area (Å²) in [6.45, 7) is 4.36. The molecule has 7 nitrogen and oxygen atoms in total. The van der Waals surface area contributed by atoms with Crippen molar-refractivity contribution in [2.24, 2.45) is 0 Å². The number of sulfonamides is 1. The quantitative estimate of drug-likeness (QED) is 0.253. The van der Waals surface area contributed by atoms with Crippen molar-refractivity contribution in [3.63, 3.8) is 0 Å². The molecule has 1 heterocycles. The number of nitrogens with zero attached hydrogens (tertiary/aromatic N) is 2. The fraction of sp³-hybridized carbons (Fsp3) is 0.370. The van der Waals surface area contributed by atoms with E-state index < -0.39 is 10.0 Å². The number of thiophene rings is 1. The van der Waals surface area contributed by atoms with Crippen LogP contribution in [0.2, 0.25) is 0 Å². The first kappa shape index (κ1) is 29.2. The highest BCUT2D eigenvalue weighted by Gasteiger charge is 2.32. The Kier molecular flexibility index (Phi) is 10.6. The van der Waals surface area contributed by atoms with Crippen LogP contribution < -0.4 is 9.47 Å². The van der Waals surface area contributed by atoms with Gasteiger partial charge in [0.25, 0.3) is 0 Å². The van der Waals surface area contributed by atoms with Crippen molar-refractivity contribution in [3.05, 3.63) is 74.9 Å². The first-order valence-electron chi connectivity index (χ1n) is 12.0. The molecule has 0 fully saturated rings. The van der Waals surface area contributed by atoms with E-state index in [-0.39, 0.29) is 23.4 Å². The van der Waals surface area contributed by atoms with Crippen molar-refractivity contribution in [1.29, 1.82) is 0 Å². The van der Waals surface area contributed by atoms with E-state index in [1.54, 1.807) is 54.7 Å². The van der Waals surface area contributed by atoms with Gasteiger partial charge in [0, 0.05) is 21.9 Å². The summed E-state index contributed by atoms with van der Waals surface area (Å²) in [5.41, 5.74) is 0.989. The molecule has 0 bridgehead atoms. The second-order valence-corrected chi connectivity index (χ2v) is 12.4. The SMILES string of the molecule is CCC(C)N(CC(=O)N(CCc1ccc(OC)c(OC)c1)Cc1cccs1)S(=O)(=O)c1ccc(Br)cc1. The second kappa shape index (κ2) is 13.4. The normalized spacial score (nSPS) is 12.4. The first-order chi connectivity index (χ1) is 17.7. The number of benzene rings is 2. The van der Waals surface area contributed by atoms with E-state index in [4.69, 9.17) is 9.47 Å². The minimum absolute atomic E-state index is 0.166. The van der Waals surface area contributed by atoms with Gasteiger partial charge in [-0.15, -0.1) is 11.3 Å². The van der Waals surface area contributed by atoms with Gasteiger partial charge in [-0.25, -0.2) is 8.42 Å². The number of hydrogen-bond donors (Lipinski definition) is 0. The van der Waals surface area contributed by atoms with Crippen molar-refractivity contribution < 1.29 is 22.7 Å². The van der Waals surface area contributed by atoms with Gasteiger partial charge >= 0.3 is 0 Å². The Hall–Kier alpha value is -2.40. The van der Waals surface area contributed by atoms with Crippen LogP contribution in [0, 0.1) is 0 Å². The summed E-state index contributed by atoms with van der Waals surface area (Å²) in [6, 6.07) is 15.8. The lowest BCUT2D eigenvalue weighted by atomic mass is 10.1. The summed E-state index contributed by atoms with van der Waals surface area (Å²) in [5, 5.41) is 1.97. The van der Waals surface area contributed by atoms with Crippen LogP contribution in [-0.4, -0.2) is 56.9 Å². The van der Waals surface area contributed by atoms with Gasteiger partial charge in [0.15, 0.2) is 11.5 Å². The number of methoxy groups -OCH3 is 2. The average molecular weight is 610 g/mol. The molecule has 0 spiro atoms. The lowest BCUT2D eigenvalue weighted by Crippen LogP contribution is -2.46. The van der Waals surface area contributed by atoms with Crippen LogP contribution in [-0.2, 0) is 27.8 Å². The fourth-order valence-corrected chi connectivity index (χ4v) is 6.48. The van der Waals surface area contributed by atoms with Crippen molar-refractivity contribution in [2.45, 2.75) is 44.2 Å². The number of ether oxygens (including phenoxy) is 2. The van der Waals surface area contributed by atoms with E-state index in [0.717, 1.165) is 14.9 Å². The predicted octanol–water partition coefficient (Wildman–Crippen LogP) is 5.59. The number of amides is 1. The maximum Gasteiger partial charge on any atom is 0.243 e. The van der Waals surface area contributed by atoms with Gasteiger partial charge in [0.05, 0.1) is 32.2 Å². The van der Waals surface area contributed by atoms with Crippen molar-refractivity contribution in [3.8, 4) is 11.5 Å². The van der Waals surface area contributed by atoms with Crippen molar-refractivity contribution in [2.75, 3.05) is 27.3 Å².